The number of carbonyl (C=O) groups is 3. The summed E-state index contributed by atoms with van der Waals surface area (Å²) >= 11 is 0. The predicted octanol–water partition coefficient (Wildman–Crippen LogP) is -2.21. The van der Waals surface area contributed by atoms with Crippen LogP contribution < -0.4 is 16.3 Å². The molecule has 5 atom stereocenters. The predicted molar refractivity (Wildman–Crippen MR) is 112 cm³/mol. The fourth-order valence-electron chi connectivity index (χ4n) is 4.72. The van der Waals surface area contributed by atoms with E-state index in [1.807, 2.05) is 25.8 Å². The second-order valence-electron chi connectivity index (χ2n) is 9.88. The first-order chi connectivity index (χ1) is 14.5. The molecule has 3 heterocycles. The molecule has 0 radical (unpaired) electrons. The van der Waals surface area contributed by atoms with Crippen molar-refractivity contribution in [2.24, 2.45) is 5.41 Å². The van der Waals surface area contributed by atoms with Crippen LogP contribution in [0.2, 0.25) is 0 Å². The first kappa shape index (κ1) is 23.9. The third-order valence-corrected chi connectivity index (χ3v) is 6.22. The number of hydrogen-bond acceptors (Lipinski definition) is 8. The molecule has 0 aromatic rings. The van der Waals surface area contributed by atoms with Gasteiger partial charge in [-0.3, -0.25) is 14.4 Å². The van der Waals surface area contributed by atoms with Crippen LogP contribution in [0.3, 0.4) is 0 Å². The molecule has 3 saturated heterocycles. The normalized spacial score (nSPS) is 31.2. The molecule has 3 aliphatic heterocycles. The van der Waals surface area contributed by atoms with Crippen LogP contribution in [-0.4, -0.2) is 106 Å². The number of carbonyl (C=O) groups excluding carboxylic acids is 3. The van der Waals surface area contributed by atoms with E-state index >= 15 is 0 Å². The summed E-state index contributed by atoms with van der Waals surface area (Å²) in [4.78, 5) is 41.2. The highest BCUT2D eigenvalue weighted by atomic mass is 16.3. The maximum Gasteiger partial charge on any atom is 0.242 e. The number of piperidine rings is 1. The first-order valence-electron chi connectivity index (χ1n) is 10.9. The summed E-state index contributed by atoms with van der Waals surface area (Å²) in [6, 6.07) is -1.41. The molecule has 3 rings (SSSR count). The summed E-state index contributed by atoms with van der Waals surface area (Å²) in [6.07, 6.45) is -0.189. The fraction of sp³-hybridized carbons (Fsp3) is 0.850. The molecule has 5 N–H and O–H groups in total. The molecule has 0 aromatic carbocycles. The van der Waals surface area contributed by atoms with Crippen molar-refractivity contribution >= 4 is 17.7 Å². The minimum absolute atomic E-state index is 0.0217. The van der Waals surface area contributed by atoms with Crippen molar-refractivity contribution in [1.29, 1.82) is 0 Å². The van der Waals surface area contributed by atoms with E-state index in [4.69, 9.17) is 0 Å². The summed E-state index contributed by atoms with van der Waals surface area (Å²) in [5.41, 5.74) is 5.76. The third kappa shape index (κ3) is 5.35. The molecule has 5 unspecified atom stereocenters. The van der Waals surface area contributed by atoms with E-state index in [-0.39, 0.29) is 36.7 Å². The molecular formula is C20H36N6O5. The lowest BCUT2D eigenvalue weighted by molar-refractivity contribution is -0.147. The van der Waals surface area contributed by atoms with E-state index in [9.17, 15) is 24.6 Å². The number of hydrazine groups is 2. The standard InChI is InChI=1S/C20H36N6O5/c1-20(2,3)17(19(31)25-11-14(28)7-15(25)18(30)21-4)26-9-12(22-23-26)8-24-10-13(27)5-6-16(24)29/h12-15,17,22-23,27-28H,5-11H2,1-4H3,(H,21,30). The Labute approximate surface area is 183 Å². The lowest BCUT2D eigenvalue weighted by Gasteiger charge is -2.39. The maximum absolute atomic E-state index is 13.6. The molecule has 176 valence electrons. The summed E-state index contributed by atoms with van der Waals surface area (Å²) in [7, 11) is 1.52. The van der Waals surface area contributed by atoms with Gasteiger partial charge in [-0.2, -0.15) is 5.53 Å². The molecule has 0 bridgehead atoms. The van der Waals surface area contributed by atoms with Crippen molar-refractivity contribution in [3.63, 3.8) is 0 Å². The summed E-state index contributed by atoms with van der Waals surface area (Å²) < 4.78 is 0. The minimum Gasteiger partial charge on any atom is -0.391 e. The summed E-state index contributed by atoms with van der Waals surface area (Å²) in [6.45, 7) is 7.19. The molecule has 0 saturated carbocycles. The Morgan fingerprint density at radius 2 is 1.90 bits per heavy atom. The van der Waals surface area contributed by atoms with Crippen LogP contribution in [0.5, 0.6) is 0 Å². The number of nitrogens with one attached hydrogen (secondary N) is 3. The molecule has 3 aliphatic rings. The second kappa shape index (κ2) is 9.37. The van der Waals surface area contributed by atoms with Crippen LogP contribution in [0, 0.1) is 5.41 Å². The van der Waals surface area contributed by atoms with Crippen LogP contribution in [0.25, 0.3) is 0 Å². The zero-order valence-electron chi connectivity index (χ0n) is 18.8. The van der Waals surface area contributed by atoms with Gasteiger partial charge in [0.2, 0.25) is 17.7 Å². The number of aliphatic hydroxyl groups excluding tert-OH is 2. The van der Waals surface area contributed by atoms with Gasteiger partial charge in [0.05, 0.1) is 18.2 Å². The Balaban J connectivity index is 1.71. The van der Waals surface area contributed by atoms with Crippen molar-refractivity contribution in [1.82, 2.24) is 31.1 Å². The highest BCUT2D eigenvalue weighted by molar-refractivity contribution is 5.90. The van der Waals surface area contributed by atoms with Gasteiger partial charge in [-0.15, -0.1) is 0 Å². The maximum atomic E-state index is 13.6. The van der Waals surface area contributed by atoms with Gasteiger partial charge in [-0.1, -0.05) is 20.8 Å². The Hall–Kier alpha value is -1.79. The van der Waals surface area contributed by atoms with Gasteiger partial charge in [0, 0.05) is 46.1 Å². The lowest BCUT2D eigenvalue weighted by Crippen LogP contribution is -2.60. The topological polar surface area (TPSA) is 137 Å². The van der Waals surface area contributed by atoms with E-state index in [1.54, 1.807) is 4.90 Å². The minimum atomic E-state index is -0.735. The molecule has 11 heteroatoms. The third-order valence-electron chi connectivity index (χ3n) is 6.22. The molecule has 3 fully saturated rings. The quantitative estimate of drug-likeness (QED) is 0.324. The number of aliphatic hydroxyl groups is 2. The Morgan fingerprint density at radius 1 is 1.19 bits per heavy atom. The number of β-amino-alcohol motifs (C(OH)–C–C–N with tert-alkyl or cyclic N) is 2. The van der Waals surface area contributed by atoms with Crippen molar-refractivity contribution in [2.75, 3.05) is 33.2 Å². The lowest BCUT2D eigenvalue weighted by atomic mass is 9.85. The van der Waals surface area contributed by atoms with E-state index in [0.29, 0.717) is 32.5 Å². The zero-order chi connectivity index (χ0) is 22.9. The van der Waals surface area contributed by atoms with Gasteiger partial charge < -0.3 is 25.3 Å². The Morgan fingerprint density at radius 3 is 2.55 bits per heavy atom. The number of likely N-dealkylation sites (N-methyl/N-ethyl adjacent to an activating group) is 1. The van der Waals surface area contributed by atoms with Crippen molar-refractivity contribution in [3.05, 3.63) is 0 Å². The van der Waals surface area contributed by atoms with E-state index in [2.05, 4.69) is 16.3 Å². The van der Waals surface area contributed by atoms with Crippen molar-refractivity contribution in [3.8, 4) is 0 Å². The fourth-order valence-corrected chi connectivity index (χ4v) is 4.72. The molecule has 0 aromatic heterocycles. The van der Waals surface area contributed by atoms with Crippen LogP contribution in [0.4, 0.5) is 0 Å². The number of nitrogens with zero attached hydrogens (tertiary/aromatic N) is 3. The van der Waals surface area contributed by atoms with Crippen molar-refractivity contribution in [2.45, 2.75) is 70.4 Å². The number of hydrogen-bond donors (Lipinski definition) is 5. The van der Waals surface area contributed by atoms with Crippen LogP contribution >= 0.6 is 0 Å². The molecule has 3 amide bonds. The van der Waals surface area contributed by atoms with E-state index < -0.39 is 29.7 Å². The smallest absolute Gasteiger partial charge is 0.242 e. The molecule has 0 aliphatic carbocycles. The van der Waals surface area contributed by atoms with E-state index in [1.165, 1.54) is 11.9 Å². The van der Waals surface area contributed by atoms with Gasteiger partial charge >= 0.3 is 0 Å². The highest BCUT2D eigenvalue weighted by Gasteiger charge is 2.47. The summed E-state index contributed by atoms with van der Waals surface area (Å²) in [5, 5.41) is 24.4. The van der Waals surface area contributed by atoms with Crippen LogP contribution in [0.15, 0.2) is 0 Å². The molecule has 31 heavy (non-hydrogen) atoms. The summed E-state index contributed by atoms with van der Waals surface area (Å²) in [5.74, 6) is -0.490. The molecular weight excluding hydrogens is 404 g/mol. The van der Waals surface area contributed by atoms with Gasteiger partial charge in [0.15, 0.2) is 0 Å². The Bertz CT molecular complexity index is 698. The SMILES string of the molecule is CNC(=O)C1CC(O)CN1C(=O)C(N1CC(CN2CC(O)CCC2=O)NN1)C(C)(C)C. The average Bonchev–Trinajstić information content (AvgIpc) is 3.29. The van der Waals surface area contributed by atoms with Gasteiger partial charge in [-0.25, -0.2) is 10.4 Å². The van der Waals surface area contributed by atoms with Crippen molar-refractivity contribution < 1.29 is 24.6 Å². The monoisotopic (exact) mass is 440 g/mol. The van der Waals surface area contributed by atoms with Gasteiger partial charge in [0.1, 0.15) is 12.1 Å². The second-order valence-corrected chi connectivity index (χ2v) is 9.88. The van der Waals surface area contributed by atoms with Crippen LogP contribution in [-0.2, 0) is 14.4 Å². The Kier molecular flexibility index (Phi) is 7.21. The van der Waals surface area contributed by atoms with Gasteiger partial charge in [-0.05, 0) is 11.8 Å². The zero-order valence-corrected chi connectivity index (χ0v) is 18.8. The highest BCUT2D eigenvalue weighted by Crippen LogP contribution is 2.30. The first-order valence-corrected chi connectivity index (χ1v) is 10.9. The largest absolute Gasteiger partial charge is 0.391 e. The average molecular weight is 441 g/mol. The van der Waals surface area contributed by atoms with Crippen LogP contribution in [0.1, 0.15) is 40.0 Å². The van der Waals surface area contributed by atoms with E-state index in [0.717, 1.165) is 0 Å². The molecule has 0 spiro atoms. The number of rotatable bonds is 5. The molecule has 11 nitrogen and oxygen atoms in total. The number of amides is 3. The number of likely N-dealkylation sites (tertiary alicyclic amines) is 2. The van der Waals surface area contributed by atoms with Gasteiger partial charge in [0.25, 0.3) is 0 Å².